The summed E-state index contributed by atoms with van der Waals surface area (Å²) in [5.74, 6) is 0.352. The summed E-state index contributed by atoms with van der Waals surface area (Å²) in [6, 6.07) is 5.37. The molecule has 0 saturated carbocycles. The van der Waals surface area contributed by atoms with E-state index in [1.54, 1.807) is 0 Å². The first kappa shape index (κ1) is 14.2. The fraction of sp³-hybridized carbons (Fsp3) is 0.429. The molecule has 1 heterocycles. The molecule has 0 fully saturated rings. The van der Waals surface area contributed by atoms with Gasteiger partial charge in [-0.3, -0.25) is 9.59 Å². The zero-order valence-electron chi connectivity index (χ0n) is 11.2. The van der Waals surface area contributed by atoms with E-state index in [1.807, 2.05) is 18.2 Å². The Hall–Kier alpha value is -2.24. The van der Waals surface area contributed by atoms with Crippen LogP contribution in [0.2, 0.25) is 0 Å². The van der Waals surface area contributed by atoms with E-state index in [0.717, 1.165) is 5.56 Å². The van der Waals surface area contributed by atoms with Gasteiger partial charge in [-0.15, -0.1) is 0 Å². The van der Waals surface area contributed by atoms with Gasteiger partial charge in [-0.2, -0.15) is 0 Å². The predicted molar refractivity (Wildman–Crippen MR) is 70.7 cm³/mol. The number of carbonyl (C=O) groups excluding carboxylic acids is 1. The molecule has 20 heavy (non-hydrogen) atoms. The van der Waals surface area contributed by atoms with Crippen LogP contribution < -0.4 is 14.8 Å². The largest absolute Gasteiger partial charge is 0.481 e. The molecule has 2 N–H and O–H groups in total. The number of carbonyl (C=O) groups is 2. The van der Waals surface area contributed by atoms with Gasteiger partial charge < -0.3 is 19.9 Å². The number of hydrogen-bond acceptors (Lipinski definition) is 4. The number of rotatable bonds is 6. The molecule has 0 radical (unpaired) electrons. The van der Waals surface area contributed by atoms with Gasteiger partial charge in [0.05, 0.1) is 0 Å². The highest BCUT2D eigenvalue weighted by molar-refractivity contribution is 5.73. The summed E-state index contributed by atoms with van der Waals surface area (Å²) >= 11 is 0. The van der Waals surface area contributed by atoms with Crippen molar-refractivity contribution in [3.8, 4) is 11.5 Å². The second-order valence-corrected chi connectivity index (χ2v) is 4.72. The standard InChI is InChI=1S/C14H17NO5/c1-9(16)15-11(3-5-14(17)18)6-10-2-4-12-13(7-10)20-8-19-12/h2,4,7,11H,3,5-6,8H2,1H3,(H,15,16)(H,17,18). The molecule has 1 atom stereocenters. The highest BCUT2D eigenvalue weighted by Gasteiger charge is 2.17. The molecule has 6 nitrogen and oxygen atoms in total. The molecule has 1 unspecified atom stereocenters. The van der Waals surface area contributed by atoms with E-state index in [-0.39, 0.29) is 25.2 Å². The van der Waals surface area contributed by atoms with Crippen molar-refractivity contribution < 1.29 is 24.2 Å². The van der Waals surface area contributed by atoms with Crippen molar-refractivity contribution in [1.82, 2.24) is 5.32 Å². The van der Waals surface area contributed by atoms with Crippen LogP contribution in [0, 0.1) is 0 Å². The lowest BCUT2D eigenvalue weighted by molar-refractivity contribution is -0.137. The molecule has 1 aliphatic heterocycles. The zero-order valence-corrected chi connectivity index (χ0v) is 11.2. The number of benzene rings is 1. The van der Waals surface area contributed by atoms with Crippen LogP contribution in [0.15, 0.2) is 18.2 Å². The number of carboxylic acids is 1. The molecule has 1 aromatic rings. The van der Waals surface area contributed by atoms with Crippen LogP contribution in [-0.2, 0) is 16.0 Å². The van der Waals surface area contributed by atoms with E-state index in [2.05, 4.69) is 5.32 Å². The quantitative estimate of drug-likeness (QED) is 0.820. The third-order valence-corrected chi connectivity index (χ3v) is 3.03. The van der Waals surface area contributed by atoms with Crippen molar-refractivity contribution in [2.75, 3.05) is 6.79 Å². The minimum Gasteiger partial charge on any atom is -0.481 e. The van der Waals surface area contributed by atoms with E-state index in [0.29, 0.717) is 24.3 Å². The smallest absolute Gasteiger partial charge is 0.303 e. The summed E-state index contributed by atoms with van der Waals surface area (Å²) in [4.78, 5) is 21.8. The first-order valence-corrected chi connectivity index (χ1v) is 6.42. The van der Waals surface area contributed by atoms with E-state index in [9.17, 15) is 9.59 Å². The first-order chi connectivity index (χ1) is 9.54. The highest BCUT2D eigenvalue weighted by atomic mass is 16.7. The molecule has 1 aliphatic rings. The van der Waals surface area contributed by atoms with Gasteiger partial charge in [0.15, 0.2) is 11.5 Å². The summed E-state index contributed by atoms with van der Waals surface area (Å²) in [5, 5.41) is 11.5. The monoisotopic (exact) mass is 279 g/mol. The van der Waals surface area contributed by atoms with Gasteiger partial charge in [-0.1, -0.05) is 6.07 Å². The Bertz CT molecular complexity index is 514. The average Bonchev–Trinajstić information content (AvgIpc) is 2.82. The van der Waals surface area contributed by atoms with Crippen LogP contribution in [0.25, 0.3) is 0 Å². The van der Waals surface area contributed by atoms with Gasteiger partial charge in [0.2, 0.25) is 12.7 Å². The molecule has 0 aromatic heterocycles. The van der Waals surface area contributed by atoms with E-state index in [4.69, 9.17) is 14.6 Å². The molecule has 108 valence electrons. The van der Waals surface area contributed by atoms with E-state index >= 15 is 0 Å². The van der Waals surface area contributed by atoms with E-state index in [1.165, 1.54) is 6.92 Å². The van der Waals surface area contributed by atoms with Gasteiger partial charge >= 0.3 is 5.97 Å². The number of ether oxygens (including phenoxy) is 2. The van der Waals surface area contributed by atoms with Crippen molar-refractivity contribution in [2.24, 2.45) is 0 Å². The third-order valence-electron chi connectivity index (χ3n) is 3.03. The van der Waals surface area contributed by atoms with Gasteiger partial charge in [0.1, 0.15) is 0 Å². The summed E-state index contributed by atoms with van der Waals surface area (Å²) < 4.78 is 10.5. The maximum absolute atomic E-state index is 11.2. The SMILES string of the molecule is CC(=O)NC(CCC(=O)O)Cc1ccc2c(c1)OCO2. The third kappa shape index (κ3) is 3.88. The number of amides is 1. The fourth-order valence-corrected chi connectivity index (χ4v) is 2.16. The van der Waals surface area contributed by atoms with Gasteiger partial charge in [-0.05, 0) is 30.5 Å². The second-order valence-electron chi connectivity index (χ2n) is 4.72. The molecular weight excluding hydrogens is 262 g/mol. The Kier molecular flexibility index (Phi) is 4.45. The normalized spacial score (nSPS) is 13.8. The predicted octanol–water partition coefficient (Wildman–Crippen LogP) is 1.33. The Labute approximate surface area is 116 Å². The molecule has 6 heteroatoms. The molecule has 0 bridgehead atoms. The Morgan fingerprint density at radius 2 is 2.10 bits per heavy atom. The maximum atomic E-state index is 11.2. The van der Waals surface area contributed by atoms with E-state index < -0.39 is 5.97 Å². The molecule has 0 aliphatic carbocycles. The van der Waals surface area contributed by atoms with Gasteiger partial charge in [0.25, 0.3) is 0 Å². The topological polar surface area (TPSA) is 84.9 Å². The average molecular weight is 279 g/mol. The highest BCUT2D eigenvalue weighted by Crippen LogP contribution is 2.32. The molecule has 0 saturated heterocycles. The number of carboxylic acid groups (broad SMARTS) is 1. The first-order valence-electron chi connectivity index (χ1n) is 6.42. The summed E-state index contributed by atoms with van der Waals surface area (Å²) in [6.07, 6.45) is 0.975. The summed E-state index contributed by atoms with van der Waals surface area (Å²) in [6.45, 7) is 1.64. The molecule has 2 rings (SSSR count). The summed E-state index contributed by atoms with van der Waals surface area (Å²) in [7, 11) is 0. The Balaban J connectivity index is 2.02. The molecular formula is C14H17NO5. The van der Waals surface area contributed by atoms with Crippen LogP contribution in [0.1, 0.15) is 25.3 Å². The lowest BCUT2D eigenvalue weighted by atomic mass is 10.0. The van der Waals surface area contributed by atoms with Crippen LogP contribution in [0.3, 0.4) is 0 Å². The Morgan fingerprint density at radius 1 is 1.35 bits per heavy atom. The van der Waals surface area contributed by atoms with Crippen LogP contribution in [0.5, 0.6) is 11.5 Å². The minimum atomic E-state index is -0.869. The van der Waals surface area contributed by atoms with Crippen molar-refractivity contribution in [2.45, 2.75) is 32.2 Å². The fourth-order valence-electron chi connectivity index (χ4n) is 2.16. The number of hydrogen-bond donors (Lipinski definition) is 2. The molecule has 0 spiro atoms. The molecule has 1 amide bonds. The van der Waals surface area contributed by atoms with Crippen molar-refractivity contribution in [3.05, 3.63) is 23.8 Å². The lowest BCUT2D eigenvalue weighted by Crippen LogP contribution is -2.35. The van der Waals surface area contributed by atoms with Crippen LogP contribution >= 0.6 is 0 Å². The van der Waals surface area contributed by atoms with Crippen LogP contribution in [0.4, 0.5) is 0 Å². The maximum Gasteiger partial charge on any atom is 0.303 e. The van der Waals surface area contributed by atoms with Gasteiger partial charge in [-0.25, -0.2) is 0 Å². The summed E-state index contributed by atoms with van der Waals surface area (Å²) in [5.41, 5.74) is 0.971. The number of fused-ring (bicyclic) bond motifs is 1. The Morgan fingerprint density at radius 3 is 2.80 bits per heavy atom. The van der Waals surface area contributed by atoms with Crippen molar-refractivity contribution in [1.29, 1.82) is 0 Å². The lowest BCUT2D eigenvalue weighted by Gasteiger charge is -2.17. The number of nitrogens with one attached hydrogen (secondary N) is 1. The zero-order chi connectivity index (χ0) is 14.5. The molecule has 1 aromatic carbocycles. The van der Waals surface area contributed by atoms with Crippen molar-refractivity contribution in [3.63, 3.8) is 0 Å². The second kappa shape index (κ2) is 6.27. The van der Waals surface area contributed by atoms with Crippen LogP contribution in [-0.4, -0.2) is 29.8 Å². The number of aliphatic carboxylic acids is 1. The van der Waals surface area contributed by atoms with Crippen molar-refractivity contribution >= 4 is 11.9 Å². The minimum absolute atomic E-state index is 0.0233. The van der Waals surface area contributed by atoms with Gasteiger partial charge in [0, 0.05) is 19.4 Å².